The highest BCUT2D eigenvalue weighted by Crippen LogP contribution is 1.97. The van der Waals surface area contributed by atoms with Crippen molar-refractivity contribution in [2.24, 2.45) is 0 Å². The predicted molar refractivity (Wildman–Crippen MR) is 109 cm³/mol. The molecule has 2 aromatic carbocycles. The summed E-state index contributed by atoms with van der Waals surface area (Å²) >= 11 is 0. The largest absolute Gasteiger partial charge is 0.488 e. The maximum atomic E-state index is 9.34. The third-order valence-corrected chi connectivity index (χ3v) is 4.25. The lowest BCUT2D eigenvalue weighted by Crippen LogP contribution is -2.37. The fraction of sp³-hybridized carbons (Fsp3) is 0.333. The van der Waals surface area contributed by atoms with E-state index in [1.165, 1.54) is 0 Å². The van der Waals surface area contributed by atoms with Crippen LogP contribution in [0.25, 0.3) is 0 Å². The van der Waals surface area contributed by atoms with Crippen LogP contribution in [0.5, 0.6) is 0 Å². The van der Waals surface area contributed by atoms with Crippen molar-refractivity contribution < 1.29 is 20.1 Å². The Morgan fingerprint density at radius 1 is 0.556 bits per heavy atom. The highest BCUT2D eigenvalue weighted by atomic mass is 16.4. The first-order valence-electron chi connectivity index (χ1n) is 9.09. The molecule has 0 radical (unpaired) electrons. The van der Waals surface area contributed by atoms with Crippen LogP contribution >= 0.6 is 0 Å². The van der Waals surface area contributed by atoms with Gasteiger partial charge < -0.3 is 36.0 Å². The molecule has 0 fully saturated rings. The van der Waals surface area contributed by atoms with E-state index in [2.05, 4.69) is 16.0 Å². The normalized spacial score (nSPS) is 10.8. The van der Waals surface area contributed by atoms with Gasteiger partial charge in [0.25, 0.3) is 0 Å². The van der Waals surface area contributed by atoms with Crippen LogP contribution in [0.3, 0.4) is 0 Å². The van der Waals surface area contributed by atoms with Gasteiger partial charge in [-0.3, -0.25) is 0 Å². The molecule has 0 heterocycles. The molecule has 0 amide bonds. The van der Waals surface area contributed by atoms with Crippen molar-refractivity contribution in [1.82, 2.24) is 16.0 Å². The summed E-state index contributed by atoms with van der Waals surface area (Å²) in [6.07, 6.45) is 0. The van der Waals surface area contributed by atoms with E-state index >= 15 is 0 Å². The molecule has 0 saturated carbocycles. The SMILES string of the molecule is OB(O)c1ccccc1CNCCNCCNCc1ccccc1B(O)O. The summed E-state index contributed by atoms with van der Waals surface area (Å²) in [6, 6.07) is 14.5. The van der Waals surface area contributed by atoms with Gasteiger partial charge >= 0.3 is 14.2 Å². The summed E-state index contributed by atoms with van der Waals surface area (Å²) in [7, 11) is -2.91. The Morgan fingerprint density at radius 2 is 0.926 bits per heavy atom. The van der Waals surface area contributed by atoms with Gasteiger partial charge in [-0.1, -0.05) is 48.5 Å². The first-order chi connectivity index (χ1) is 13.1. The first-order valence-corrected chi connectivity index (χ1v) is 9.09. The molecule has 0 bridgehead atoms. The van der Waals surface area contributed by atoms with Crippen molar-refractivity contribution >= 4 is 25.2 Å². The van der Waals surface area contributed by atoms with Crippen molar-refractivity contribution in [3.63, 3.8) is 0 Å². The van der Waals surface area contributed by atoms with Gasteiger partial charge in [-0.05, 0) is 22.1 Å². The second-order valence-corrected chi connectivity index (χ2v) is 6.25. The maximum Gasteiger partial charge on any atom is 0.488 e. The molecule has 7 N–H and O–H groups in total. The second kappa shape index (κ2) is 11.9. The molecule has 0 aromatic heterocycles. The zero-order valence-electron chi connectivity index (χ0n) is 15.3. The Labute approximate surface area is 160 Å². The molecule has 2 rings (SSSR count). The minimum Gasteiger partial charge on any atom is -0.423 e. The van der Waals surface area contributed by atoms with Crippen molar-refractivity contribution in [3.05, 3.63) is 59.7 Å². The molecule has 144 valence electrons. The summed E-state index contributed by atoms with van der Waals surface area (Å²) < 4.78 is 0. The van der Waals surface area contributed by atoms with E-state index < -0.39 is 14.2 Å². The molecule has 0 aliphatic rings. The van der Waals surface area contributed by atoms with Crippen molar-refractivity contribution in [2.45, 2.75) is 13.1 Å². The number of hydrogen-bond donors (Lipinski definition) is 7. The van der Waals surface area contributed by atoms with E-state index in [0.29, 0.717) is 24.0 Å². The Hall–Kier alpha value is -1.71. The predicted octanol–water partition coefficient (Wildman–Crippen LogP) is -2.48. The highest BCUT2D eigenvalue weighted by molar-refractivity contribution is 6.59. The van der Waals surface area contributed by atoms with Crippen LogP contribution in [-0.4, -0.2) is 60.5 Å². The van der Waals surface area contributed by atoms with Gasteiger partial charge in [-0.15, -0.1) is 0 Å². The minimum atomic E-state index is -1.45. The van der Waals surface area contributed by atoms with Crippen molar-refractivity contribution in [2.75, 3.05) is 26.2 Å². The van der Waals surface area contributed by atoms with E-state index in [4.69, 9.17) is 0 Å². The minimum absolute atomic E-state index is 0.524. The molecule has 0 unspecified atom stereocenters. The number of hydrogen-bond acceptors (Lipinski definition) is 7. The van der Waals surface area contributed by atoms with E-state index in [1.54, 1.807) is 24.3 Å². The zero-order chi connectivity index (χ0) is 19.5. The third-order valence-electron chi connectivity index (χ3n) is 4.25. The second-order valence-electron chi connectivity index (χ2n) is 6.25. The molecule has 0 saturated heterocycles. The Balaban J connectivity index is 1.56. The third kappa shape index (κ3) is 7.43. The Kier molecular flexibility index (Phi) is 9.51. The van der Waals surface area contributed by atoms with Crippen LogP contribution < -0.4 is 26.9 Å². The molecular weight excluding hydrogens is 344 g/mol. The zero-order valence-corrected chi connectivity index (χ0v) is 15.3. The van der Waals surface area contributed by atoms with Crippen LogP contribution in [-0.2, 0) is 13.1 Å². The van der Waals surface area contributed by atoms with E-state index in [-0.39, 0.29) is 0 Å². The molecule has 2 aromatic rings. The van der Waals surface area contributed by atoms with Gasteiger partial charge in [0.05, 0.1) is 0 Å². The number of nitrogens with one attached hydrogen (secondary N) is 3. The van der Waals surface area contributed by atoms with Crippen LogP contribution in [0.2, 0.25) is 0 Å². The van der Waals surface area contributed by atoms with Gasteiger partial charge in [0.15, 0.2) is 0 Å². The molecule has 27 heavy (non-hydrogen) atoms. The first kappa shape index (κ1) is 21.6. The summed E-state index contributed by atoms with van der Waals surface area (Å²) in [4.78, 5) is 0. The van der Waals surface area contributed by atoms with Crippen LogP contribution in [0.4, 0.5) is 0 Å². The fourth-order valence-corrected chi connectivity index (χ4v) is 2.82. The lowest BCUT2D eigenvalue weighted by atomic mass is 9.77. The van der Waals surface area contributed by atoms with Crippen molar-refractivity contribution in [3.8, 4) is 0 Å². The average molecular weight is 371 g/mol. The van der Waals surface area contributed by atoms with Gasteiger partial charge in [-0.25, -0.2) is 0 Å². The molecule has 0 spiro atoms. The van der Waals surface area contributed by atoms with Gasteiger partial charge in [0.1, 0.15) is 0 Å². The van der Waals surface area contributed by atoms with Crippen LogP contribution in [0.1, 0.15) is 11.1 Å². The van der Waals surface area contributed by atoms with Crippen LogP contribution in [0, 0.1) is 0 Å². The molecule has 7 nitrogen and oxygen atoms in total. The Bertz CT molecular complexity index is 632. The topological polar surface area (TPSA) is 117 Å². The molecule has 0 aliphatic heterocycles. The molecular formula is C18H27B2N3O4. The summed E-state index contributed by atoms with van der Waals surface area (Å²) in [6.45, 7) is 4.25. The standard InChI is InChI=1S/C18H27B2N3O4/c24-19(25)17-7-3-1-5-15(17)13-22-11-9-21-10-12-23-14-16-6-2-4-8-18(16)20(26)27/h1-8,21-27H,9-14H2. The van der Waals surface area contributed by atoms with Crippen LogP contribution in [0.15, 0.2) is 48.5 Å². The van der Waals surface area contributed by atoms with E-state index in [9.17, 15) is 20.1 Å². The smallest absolute Gasteiger partial charge is 0.423 e. The molecule has 9 heteroatoms. The monoisotopic (exact) mass is 371 g/mol. The van der Waals surface area contributed by atoms with Gasteiger partial charge in [0.2, 0.25) is 0 Å². The van der Waals surface area contributed by atoms with Crippen molar-refractivity contribution in [1.29, 1.82) is 0 Å². The lowest BCUT2D eigenvalue weighted by molar-refractivity contribution is 0.424. The quantitative estimate of drug-likeness (QED) is 0.163. The lowest BCUT2D eigenvalue weighted by Gasteiger charge is -2.11. The maximum absolute atomic E-state index is 9.34. The summed E-state index contributed by atoms with van der Waals surface area (Å²) in [5, 5.41) is 47.2. The fourth-order valence-electron chi connectivity index (χ4n) is 2.82. The average Bonchev–Trinajstić information content (AvgIpc) is 2.67. The van der Waals surface area contributed by atoms with Gasteiger partial charge in [0, 0.05) is 39.3 Å². The number of benzene rings is 2. The van der Waals surface area contributed by atoms with E-state index in [1.807, 2.05) is 24.3 Å². The van der Waals surface area contributed by atoms with Gasteiger partial charge in [-0.2, -0.15) is 0 Å². The summed E-state index contributed by atoms with van der Waals surface area (Å²) in [5.74, 6) is 0. The summed E-state index contributed by atoms with van der Waals surface area (Å²) in [5.41, 5.74) is 2.80. The highest BCUT2D eigenvalue weighted by Gasteiger charge is 2.15. The molecule has 0 atom stereocenters. The number of rotatable bonds is 12. The molecule has 0 aliphatic carbocycles. The van der Waals surface area contributed by atoms with E-state index in [0.717, 1.165) is 37.3 Å². The Morgan fingerprint density at radius 3 is 1.33 bits per heavy atom.